The summed E-state index contributed by atoms with van der Waals surface area (Å²) in [5.41, 5.74) is 2.53. The Morgan fingerprint density at radius 1 is 1.15 bits per heavy atom. The van der Waals surface area contributed by atoms with E-state index >= 15 is 0 Å². The Bertz CT molecular complexity index is 414. The fourth-order valence-corrected chi connectivity index (χ4v) is 2.99. The quantitative estimate of drug-likeness (QED) is 0.910. The summed E-state index contributed by atoms with van der Waals surface area (Å²) in [6.07, 6.45) is 2.95. The molecule has 1 aromatic rings. The molecule has 0 aliphatic carbocycles. The molecule has 0 spiro atoms. The fraction of sp³-hybridized carbons (Fsp3) is 0.625. The SMILES string of the molecule is CN1CCOC(CNc2ccc(N3CCCC3)cc2)C1. The van der Waals surface area contributed by atoms with Gasteiger partial charge in [-0.2, -0.15) is 0 Å². The number of ether oxygens (including phenoxy) is 1. The largest absolute Gasteiger partial charge is 0.382 e. The van der Waals surface area contributed by atoms with Gasteiger partial charge >= 0.3 is 0 Å². The van der Waals surface area contributed by atoms with E-state index in [0.717, 1.165) is 26.2 Å². The van der Waals surface area contributed by atoms with E-state index in [4.69, 9.17) is 4.74 Å². The van der Waals surface area contributed by atoms with Crippen molar-refractivity contribution in [3.8, 4) is 0 Å². The Labute approximate surface area is 121 Å². The van der Waals surface area contributed by atoms with Gasteiger partial charge < -0.3 is 19.9 Å². The molecular formula is C16H25N3O. The minimum Gasteiger partial charge on any atom is -0.382 e. The molecule has 4 nitrogen and oxygen atoms in total. The second-order valence-electron chi connectivity index (χ2n) is 5.88. The second kappa shape index (κ2) is 6.46. The molecule has 1 aromatic carbocycles. The van der Waals surface area contributed by atoms with E-state index in [0.29, 0.717) is 6.10 Å². The van der Waals surface area contributed by atoms with Gasteiger partial charge in [0.15, 0.2) is 0 Å². The molecule has 2 fully saturated rings. The second-order valence-corrected chi connectivity index (χ2v) is 5.88. The van der Waals surface area contributed by atoms with Crippen LogP contribution in [-0.4, -0.2) is 57.4 Å². The number of nitrogens with zero attached hydrogens (tertiary/aromatic N) is 2. The molecule has 1 N–H and O–H groups in total. The summed E-state index contributed by atoms with van der Waals surface area (Å²) < 4.78 is 5.76. The van der Waals surface area contributed by atoms with Crippen LogP contribution in [-0.2, 0) is 4.74 Å². The molecule has 0 bridgehead atoms. The Morgan fingerprint density at radius 3 is 2.60 bits per heavy atom. The first-order chi connectivity index (χ1) is 9.81. The Kier molecular flexibility index (Phi) is 4.43. The van der Waals surface area contributed by atoms with Gasteiger partial charge in [-0.05, 0) is 44.2 Å². The number of anilines is 2. The van der Waals surface area contributed by atoms with E-state index in [1.54, 1.807) is 0 Å². The topological polar surface area (TPSA) is 27.7 Å². The Hall–Kier alpha value is -1.26. The van der Waals surface area contributed by atoms with Gasteiger partial charge in [0, 0.05) is 44.1 Å². The lowest BCUT2D eigenvalue weighted by molar-refractivity contribution is -0.0117. The van der Waals surface area contributed by atoms with E-state index in [-0.39, 0.29) is 0 Å². The molecule has 110 valence electrons. The first-order valence-electron chi connectivity index (χ1n) is 7.70. The fourth-order valence-electron chi connectivity index (χ4n) is 2.99. The Balaban J connectivity index is 1.50. The number of likely N-dealkylation sites (N-methyl/N-ethyl adjacent to an activating group) is 1. The molecule has 0 amide bonds. The molecule has 1 unspecified atom stereocenters. The number of hydrogen-bond donors (Lipinski definition) is 1. The van der Waals surface area contributed by atoms with Crippen LogP contribution in [0.5, 0.6) is 0 Å². The maximum Gasteiger partial charge on any atom is 0.0874 e. The summed E-state index contributed by atoms with van der Waals surface area (Å²) in [6, 6.07) is 8.81. The van der Waals surface area contributed by atoms with Crippen molar-refractivity contribution in [2.24, 2.45) is 0 Å². The molecular weight excluding hydrogens is 250 g/mol. The minimum absolute atomic E-state index is 0.298. The molecule has 0 radical (unpaired) electrons. The van der Waals surface area contributed by atoms with Gasteiger partial charge in [0.1, 0.15) is 0 Å². The number of rotatable bonds is 4. The van der Waals surface area contributed by atoms with E-state index in [1.807, 2.05) is 0 Å². The number of nitrogens with one attached hydrogen (secondary N) is 1. The summed E-state index contributed by atoms with van der Waals surface area (Å²) in [5.74, 6) is 0. The first kappa shape index (κ1) is 13.7. The van der Waals surface area contributed by atoms with Crippen LogP contribution >= 0.6 is 0 Å². The van der Waals surface area contributed by atoms with Gasteiger partial charge in [0.2, 0.25) is 0 Å². The maximum atomic E-state index is 5.76. The van der Waals surface area contributed by atoms with Gasteiger partial charge in [0.05, 0.1) is 12.7 Å². The minimum atomic E-state index is 0.298. The van der Waals surface area contributed by atoms with Crippen molar-refractivity contribution in [1.29, 1.82) is 0 Å². The lowest BCUT2D eigenvalue weighted by atomic mass is 10.2. The monoisotopic (exact) mass is 275 g/mol. The lowest BCUT2D eigenvalue weighted by Crippen LogP contribution is -2.43. The molecule has 2 aliphatic heterocycles. The van der Waals surface area contributed by atoms with Crippen LogP contribution in [0.25, 0.3) is 0 Å². The van der Waals surface area contributed by atoms with E-state index in [2.05, 4.69) is 46.4 Å². The van der Waals surface area contributed by atoms with Crippen LogP contribution in [0, 0.1) is 0 Å². The summed E-state index contributed by atoms with van der Waals surface area (Å²) in [6.45, 7) is 6.19. The van der Waals surface area contributed by atoms with Gasteiger partial charge in [-0.25, -0.2) is 0 Å². The van der Waals surface area contributed by atoms with Gasteiger partial charge in [-0.15, -0.1) is 0 Å². The van der Waals surface area contributed by atoms with Crippen LogP contribution in [0.15, 0.2) is 24.3 Å². The van der Waals surface area contributed by atoms with Crippen LogP contribution in [0.4, 0.5) is 11.4 Å². The van der Waals surface area contributed by atoms with Gasteiger partial charge in [-0.3, -0.25) is 0 Å². The molecule has 2 aliphatic rings. The third-order valence-corrected chi connectivity index (χ3v) is 4.21. The lowest BCUT2D eigenvalue weighted by Gasteiger charge is -2.30. The third kappa shape index (κ3) is 3.44. The third-order valence-electron chi connectivity index (χ3n) is 4.21. The maximum absolute atomic E-state index is 5.76. The first-order valence-corrected chi connectivity index (χ1v) is 7.70. The summed E-state index contributed by atoms with van der Waals surface area (Å²) in [4.78, 5) is 4.79. The summed E-state index contributed by atoms with van der Waals surface area (Å²) in [7, 11) is 2.15. The predicted octanol–water partition coefficient (Wildman–Crippen LogP) is 2.03. The molecule has 3 rings (SSSR count). The predicted molar refractivity (Wildman–Crippen MR) is 83.6 cm³/mol. The van der Waals surface area contributed by atoms with E-state index < -0.39 is 0 Å². The van der Waals surface area contributed by atoms with E-state index in [9.17, 15) is 0 Å². The highest BCUT2D eigenvalue weighted by atomic mass is 16.5. The molecule has 0 aromatic heterocycles. The molecule has 2 saturated heterocycles. The number of benzene rings is 1. The van der Waals surface area contributed by atoms with Crippen molar-refractivity contribution < 1.29 is 4.74 Å². The highest BCUT2D eigenvalue weighted by molar-refractivity contribution is 5.55. The standard InChI is InChI=1S/C16H25N3O/c1-18-10-11-20-16(13-18)12-17-14-4-6-15(7-5-14)19-8-2-3-9-19/h4-7,16-17H,2-3,8-13H2,1H3. The zero-order valence-corrected chi connectivity index (χ0v) is 12.3. The van der Waals surface area contributed by atoms with Crippen LogP contribution in [0.2, 0.25) is 0 Å². The molecule has 2 heterocycles. The van der Waals surface area contributed by atoms with Crippen molar-refractivity contribution in [3.05, 3.63) is 24.3 Å². The summed E-state index contributed by atoms with van der Waals surface area (Å²) in [5, 5.41) is 3.48. The smallest absolute Gasteiger partial charge is 0.0874 e. The van der Waals surface area contributed by atoms with Crippen molar-refractivity contribution in [2.75, 3.05) is 56.6 Å². The van der Waals surface area contributed by atoms with Crippen molar-refractivity contribution in [3.63, 3.8) is 0 Å². The Morgan fingerprint density at radius 2 is 1.90 bits per heavy atom. The average Bonchev–Trinajstić information content (AvgIpc) is 3.00. The molecule has 20 heavy (non-hydrogen) atoms. The van der Waals surface area contributed by atoms with Gasteiger partial charge in [0.25, 0.3) is 0 Å². The molecule has 4 heteroatoms. The molecule has 1 atom stereocenters. The van der Waals surface area contributed by atoms with Gasteiger partial charge in [-0.1, -0.05) is 0 Å². The van der Waals surface area contributed by atoms with Crippen LogP contribution < -0.4 is 10.2 Å². The average molecular weight is 275 g/mol. The highest BCUT2D eigenvalue weighted by Gasteiger charge is 2.17. The van der Waals surface area contributed by atoms with Crippen molar-refractivity contribution in [2.45, 2.75) is 18.9 Å². The zero-order chi connectivity index (χ0) is 13.8. The van der Waals surface area contributed by atoms with Crippen LogP contribution in [0.1, 0.15) is 12.8 Å². The van der Waals surface area contributed by atoms with E-state index in [1.165, 1.54) is 37.3 Å². The number of hydrogen-bond acceptors (Lipinski definition) is 4. The zero-order valence-electron chi connectivity index (χ0n) is 12.3. The number of morpholine rings is 1. The van der Waals surface area contributed by atoms with Crippen molar-refractivity contribution >= 4 is 11.4 Å². The summed E-state index contributed by atoms with van der Waals surface area (Å²) >= 11 is 0. The highest BCUT2D eigenvalue weighted by Crippen LogP contribution is 2.22. The molecule has 0 saturated carbocycles. The van der Waals surface area contributed by atoms with Crippen molar-refractivity contribution in [1.82, 2.24) is 4.90 Å². The normalized spacial score (nSPS) is 24.1. The van der Waals surface area contributed by atoms with Crippen LogP contribution in [0.3, 0.4) is 0 Å².